The molecule has 6 nitrogen and oxygen atoms in total. The molecule has 0 fully saturated rings. The van der Waals surface area contributed by atoms with Gasteiger partial charge in [-0.2, -0.15) is 0 Å². The molecule has 0 bridgehead atoms. The standard InChI is InChI=1S/C19H20O6/c1-14(20)23-13-18-17(24-15(2)21)10-11-19(25-18)22-12-6-9-16-7-4-3-5-8-16/h3-5,7-8,10-11,17-19H,12-13H2,1-2H3/t17-,18+,19-/m0/s1. The minimum atomic E-state index is -0.655. The summed E-state index contributed by atoms with van der Waals surface area (Å²) in [4.78, 5) is 22.1. The molecule has 3 atom stereocenters. The summed E-state index contributed by atoms with van der Waals surface area (Å²) in [6.45, 7) is 2.74. The van der Waals surface area contributed by atoms with Gasteiger partial charge in [0.1, 0.15) is 25.4 Å². The van der Waals surface area contributed by atoms with Crippen LogP contribution in [0.2, 0.25) is 0 Å². The van der Waals surface area contributed by atoms with Crippen molar-refractivity contribution in [3.05, 3.63) is 48.0 Å². The lowest BCUT2D eigenvalue weighted by Gasteiger charge is -2.30. The molecule has 1 aliphatic rings. The Morgan fingerprint density at radius 1 is 1.12 bits per heavy atom. The molecular weight excluding hydrogens is 324 g/mol. The van der Waals surface area contributed by atoms with Crippen molar-refractivity contribution in [1.82, 2.24) is 0 Å². The Hall–Kier alpha value is -2.62. The van der Waals surface area contributed by atoms with Crippen LogP contribution in [0.3, 0.4) is 0 Å². The Kier molecular flexibility index (Phi) is 7.20. The van der Waals surface area contributed by atoms with Crippen molar-refractivity contribution >= 4 is 11.9 Å². The fourth-order valence-electron chi connectivity index (χ4n) is 2.14. The molecule has 132 valence electrons. The van der Waals surface area contributed by atoms with Gasteiger partial charge in [0.05, 0.1) is 0 Å². The first kappa shape index (κ1) is 18.7. The average molecular weight is 344 g/mol. The Morgan fingerprint density at radius 2 is 1.88 bits per heavy atom. The second kappa shape index (κ2) is 9.62. The van der Waals surface area contributed by atoms with E-state index in [0.717, 1.165) is 5.56 Å². The van der Waals surface area contributed by atoms with E-state index in [1.807, 2.05) is 30.3 Å². The van der Waals surface area contributed by atoms with Crippen molar-refractivity contribution in [2.75, 3.05) is 13.2 Å². The van der Waals surface area contributed by atoms with E-state index in [1.54, 1.807) is 12.2 Å². The van der Waals surface area contributed by atoms with E-state index in [4.69, 9.17) is 18.9 Å². The van der Waals surface area contributed by atoms with Gasteiger partial charge in [-0.15, -0.1) is 0 Å². The van der Waals surface area contributed by atoms with Crippen molar-refractivity contribution in [3.63, 3.8) is 0 Å². The molecule has 1 heterocycles. The maximum Gasteiger partial charge on any atom is 0.303 e. The number of carbonyl (C=O) groups excluding carboxylic acids is 2. The Bertz CT molecular complexity index is 670. The summed E-state index contributed by atoms with van der Waals surface area (Å²) in [7, 11) is 0. The molecule has 0 spiro atoms. The van der Waals surface area contributed by atoms with Gasteiger partial charge in [-0.3, -0.25) is 9.59 Å². The summed E-state index contributed by atoms with van der Waals surface area (Å²) in [5.41, 5.74) is 0.897. The van der Waals surface area contributed by atoms with Gasteiger partial charge in [0.15, 0.2) is 6.29 Å². The molecular formula is C19H20O6. The zero-order valence-electron chi connectivity index (χ0n) is 14.1. The van der Waals surface area contributed by atoms with E-state index in [9.17, 15) is 9.59 Å². The lowest BCUT2D eigenvalue weighted by atomic mass is 10.1. The van der Waals surface area contributed by atoms with Gasteiger partial charge in [0, 0.05) is 19.4 Å². The monoisotopic (exact) mass is 344 g/mol. The number of benzene rings is 1. The minimum absolute atomic E-state index is 0.0345. The third-order valence-electron chi connectivity index (χ3n) is 3.21. The molecule has 0 unspecified atom stereocenters. The molecule has 1 aromatic rings. The average Bonchev–Trinajstić information content (AvgIpc) is 2.59. The SMILES string of the molecule is CC(=O)OC[C@H]1O[C@H](OCC#Cc2ccccc2)C=C[C@@H]1OC(C)=O. The van der Waals surface area contributed by atoms with Crippen LogP contribution in [0.4, 0.5) is 0 Å². The van der Waals surface area contributed by atoms with E-state index in [0.29, 0.717) is 0 Å². The van der Waals surface area contributed by atoms with E-state index in [1.165, 1.54) is 13.8 Å². The maximum absolute atomic E-state index is 11.2. The highest BCUT2D eigenvalue weighted by atomic mass is 16.7. The van der Waals surface area contributed by atoms with Crippen LogP contribution in [-0.4, -0.2) is 43.7 Å². The number of rotatable bonds is 5. The quantitative estimate of drug-likeness (QED) is 0.461. The summed E-state index contributed by atoms with van der Waals surface area (Å²) < 4.78 is 21.3. The van der Waals surface area contributed by atoms with Crippen LogP contribution < -0.4 is 0 Å². The second-order valence-corrected chi connectivity index (χ2v) is 5.28. The van der Waals surface area contributed by atoms with Crippen LogP contribution in [0.1, 0.15) is 19.4 Å². The van der Waals surface area contributed by atoms with Crippen LogP contribution in [0.25, 0.3) is 0 Å². The van der Waals surface area contributed by atoms with Gasteiger partial charge >= 0.3 is 11.9 Å². The second-order valence-electron chi connectivity index (χ2n) is 5.28. The molecule has 0 radical (unpaired) electrons. The minimum Gasteiger partial charge on any atom is -0.463 e. The normalized spacial score (nSPS) is 21.8. The fraction of sp³-hybridized carbons (Fsp3) is 0.368. The number of esters is 2. The number of hydrogen-bond donors (Lipinski definition) is 0. The summed E-state index contributed by atoms with van der Waals surface area (Å²) in [5.74, 6) is 4.99. The van der Waals surface area contributed by atoms with Crippen molar-refractivity contribution in [3.8, 4) is 11.8 Å². The predicted octanol–water partition coefficient (Wildman–Crippen LogP) is 1.83. The Labute approximate surface area is 146 Å². The van der Waals surface area contributed by atoms with Crippen LogP contribution in [0.15, 0.2) is 42.5 Å². The first-order valence-electron chi connectivity index (χ1n) is 7.84. The lowest BCUT2D eigenvalue weighted by Crippen LogP contribution is -2.42. The summed E-state index contributed by atoms with van der Waals surface area (Å²) in [6, 6.07) is 9.55. The summed E-state index contributed by atoms with van der Waals surface area (Å²) in [6.07, 6.45) is 1.38. The molecule has 25 heavy (non-hydrogen) atoms. The smallest absolute Gasteiger partial charge is 0.303 e. The predicted molar refractivity (Wildman–Crippen MR) is 89.3 cm³/mol. The molecule has 6 heteroatoms. The van der Waals surface area contributed by atoms with Crippen LogP contribution in [0.5, 0.6) is 0 Å². The highest BCUT2D eigenvalue weighted by Gasteiger charge is 2.30. The molecule has 1 aromatic carbocycles. The van der Waals surface area contributed by atoms with Crippen molar-refractivity contribution < 1.29 is 28.5 Å². The molecule has 0 N–H and O–H groups in total. The highest BCUT2D eigenvalue weighted by Crippen LogP contribution is 2.17. The topological polar surface area (TPSA) is 71.1 Å². The highest BCUT2D eigenvalue weighted by molar-refractivity contribution is 5.66. The fourth-order valence-corrected chi connectivity index (χ4v) is 2.14. The van der Waals surface area contributed by atoms with Gasteiger partial charge in [0.2, 0.25) is 0 Å². The van der Waals surface area contributed by atoms with Gasteiger partial charge in [-0.05, 0) is 24.3 Å². The zero-order valence-corrected chi connectivity index (χ0v) is 14.1. The van der Waals surface area contributed by atoms with E-state index >= 15 is 0 Å². The van der Waals surface area contributed by atoms with E-state index < -0.39 is 30.4 Å². The third kappa shape index (κ3) is 6.79. The summed E-state index contributed by atoms with van der Waals surface area (Å²) >= 11 is 0. The van der Waals surface area contributed by atoms with E-state index in [2.05, 4.69) is 11.8 Å². The number of hydrogen-bond acceptors (Lipinski definition) is 6. The van der Waals surface area contributed by atoms with Crippen molar-refractivity contribution in [2.45, 2.75) is 32.3 Å². The Morgan fingerprint density at radius 3 is 2.56 bits per heavy atom. The summed E-state index contributed by atoms with van der Waals surface area (Å²) in [5, 5.41) is 0. The molecule has 0 aromatic heterocycles. The molecule has 2 rings (SSSR count). The van der Waals surface area contributed by atoms with Gasteiger partial charge in [0.25, 0.3) is 0 Å². The molecule has 0 aliphatic carbocycles. The number of carbonyl (C=O) groups is 2. The molecule has 0 saturated heterocycles. The third-order valence-corrected chi connectivity index (χ3v) is 3.21. The van der Waals surface area contributed by atoms with Crippen LogP contribution in [0, 0.1) is 11.8 Å². The molecule has 0 saturated carbocycles. The maximum atomic E-state index is 11.2. The first-order valence-corrected chi connectivity index (χ1v) is 7.84. The van der Waals surface area contributed by atoms with E-state index in [-0.39, 0.29) is 13.2 Å². The zero-order chi connectivity index (χ0) is 18.1. The van der Waals surface area contributed by atoms with Gasteiger partial charge < -0.3 is 18.9 Å². The van der Waals surface area contributed by atoms with Crippen molar-refractivity contribution in [2.24, 2.45) is 0 Å². The van der Waals surface area contributed by atoms with Gasteiger partial charge in [-0.1, -0.05) is 30.0 Å². The van der Waals surface area contributed by atoms with Gasteiger partial charge in [-0.25, -0.2) is 0 Å². The molecule has 0 amide bonds. The first-order chi connectivity index (χ1) is 12.0. The van der Waals surface area contributed by atoms with Crippen LogP contribution >= 0.6 is 0 Å². The molecule has 1 aliphatic heterocycles. The van der Waals surface area contributed by atoms with Crippen LogP contribution in [-0.2, 0) is 28.5 Å². The van der Waals surface area contributed by atoms with Crippen molar-refractivity contribution in [1.29, 1.82) is 0 Å². The number of ether oxygens (including phenoxy) is 4. The Balaban J connectivity index is 1.89. The lowest BCUT2D eigenvalue weighted by molar-refractivity contribution is -0.193. The largest absolute Gasteiger partial charge is 0.463 e.